The van der Waals surface area contributed by atoms with Crippen LogP contribution in [0.2, 0.25) is 0 Å². The van der Waals surface area contributed by atoms with Crippen LogP contribution in [-0.4, -0.2) is 52.3 Å². The molecule has 0 aliphatic carbocycles. The van der Waals surface area contributed by atoms with Gasteiger partial charge in [-0.05, 0) is 41.8 Å². The third-order valence-corrected chi connectivity index (χ3v) is 5.80. The van der Waals surface area contributed by atoms with Gasteiger partial charge in [-0.2, -0.15) is 0 Å². The van der Waals surface area contributed by atoms with Crippen LogP contribution < -0.4 is 18.5 Å². The molecule has 192 valence electrons. The number of para-hydroxylation sites is 2. The maximum atomic E-state index is 12.6. The average Bonchev–Trinajstić information content (AvgIpc) is 2.88. The number of pyridine rings is 1. The lowest BCUT2D eigenvalue weighted by atomic mass is 10.1. The Balaban J connectivity index is 2.28. The molecule has 0 fully saturated rings. The Labute approximate surface area is 211 Å². The summed E-state index contributed by atoms with van der Waals surface area (Å²) in [5, 5.41) is 9.34. The van der Waals surface area contributed by atoms with Crippen LogP contribution in [0, 0.1) is 0 Å². The summed E-state index contributed by atoms with van der Waals surface area (Å²) in [4.78, 5) is 16.8. The second kappa shape index (κ2) is 12.3. The molecular weight excluding hydrogens is 488 g/mol. The maximum absolute atomic E-state index is 12.6. The molecule has 3 aromatic rings. The van der Waals surface area contributed by atoms with Crippen molar-refractivity contribution < 1.29 is 37.6 Å². The number of aliphatic hydroxyl groups is 1. The SMILES string of the molecule is COC(=O)c1cc(OCCO)c(Oc2ccccc2OC)c(N(c2ccc(C(C)C)cn2)S(=O)O)c1. The molecule has 0 amide bonds. The van der Waals surface area contributed by atoms with E-state index in [0.29, 0.717) is 5.75 Å². The number of ether oxygens (including phenoxy) is 4. The molecule has 1 aromatic heterocycles. The van der Waals surface area contributed by atoms with Crippen LogP contribution in [0.4, 0.5) is 11.5 Å². The summed E-state index contributed by atoms with van der Waals surface area (Å²) < 4.78 is 46.0. The monoisotopic (exact) mass is 516 g/mol. The first-order chi connectivity index (χ1) is 17.3. The summed E-state index contributed by atoms with van der Waals surface area (Å²) in [5.41, 5.74) is 0.965. The predicted molar refractivity (Wildman–Crippen MR) is 135 cm³/mol. The van der Waals surface area contributed by atoms with Gasteiger partial charge >= 0.3 is 5.97 Å². The Morgan fingerprint density at radius 1 is 1.08 bits per heavy atom. The van der Waals surface area contributed by atoms with E-state index in [0.717, 1.165) is 9.87 Å². The standard InChI is InChI=1S/C25H28N2O8S/c1-16(2)17-9-10-23(26-15-17)27(36(30)31)19-13-18(25(29)33-4)14-22(34-12-11-28)24(19)35-21-8-6-5-7-20(21)32-3/h5-10,13-16,28H,11-12H2,1-4H3,(H,30,31). The van der Waals surface area contributed by atoms with E-state index in [2.05, 4.69) is 4.98 Å². The molecule has 1 heterocycles. The summed E-state index contributed by atoms with van der Waals surface area (Å²) >= 11 is -2.63. The molecule has 3 rings (SSSR count). The number of aliphatic hydroxyl groups excluding tert-OH is 1. The predicted octanol–water partition coefficient (Wildman–Crippen LogP) is 4.44. The number of rotatable bonds is 11. The number of nitrogens with zero attached hydrogens (tertiary/aromatic N) is 2. The van der Waals surface area contributed by atoms with Crippen molar-refractivity contribution in [3.63, 3.8) is 0 Å². The van der Waals surface area contributed by atoms with Gasteiger partial charge < -0.3 is 24.1 Å². The highest BCUT2D eigenvalue weighted by Crippen LogP contribution is 2.46. The Bertz CT molecular complexity index is 1220. The van der Waals surface area contributed by atoms with Gasteiger partial charge in [0.05, 0.1) is 26.4 Å². The molecule has 0 saturated carbocycles. The van der Waals surface area contributed by atoms with Crippen molar-refractivity contribution in [2.45, 2.75) is 19.8 Å². The van der Waals surface area contributed by atoms with E-state index < -0.39 is 17.2 Å². The smallest absolute Gasteiger partial charge is 0.338 e. The minimum Gasteiger partial charge on any atom is -0.493 e. The molecule has 11 heteroatoms. The summed E-state index contributed by atoms with van der Waals surface area (Å²) in [6.07, 6.45) is 1.61. The van der Waals surface area contributed by atoms with Crippen molar-refractivity contribution in [2.75, 3.05) is 31.7 Å². The quantitative estimate of drug-likeness (QED) is 0.281. The first-order valence-electron chi connectivity index (χ1n) is 11.0. The number of hydrogen-bond donors (Lipinski definition) is 2. The van der Waals surface area contributed by atoms with Crippen molar-refractivity contribution in [2.24, 2.45) is 0 Å². The van der Waals surface area contributed by atoms with Gasteiger partial charge in [-0.25, -0.2) is 18.3 Å². The van der Waals surface area contributed by atoms with Crippen LogP contribution in [0.3, 0.4) is 0 Å². The third-order valence-electron chi connectivity index (χ3n) is 5.11. The lowest BCUT2D eigenvalue weighted by molar-refractivity contribution is 0.0600. The van der Waals surface area contributed by atoms with Gasteiger partial charge in [-0.3, -0.25) is 4.55 Å². The topological polar surface area (TPSA) is 128 Å². The molecule has 1 atom stereocenters. The van der Waals surface area contributed by atoms with Crippen molar-refractivity contribution in [1.29, 1.82) is 0 Å². The molecule has 36 heavy (non-hydrogen) atoms. The normalized spacial score (nSPS) is 11.6. The summed E-state index contributed by atoms with van der Waals surface area (Å²) in [6, 6.07) is 12.9. The molecule has 10 nitrogen and oxygen atoms in total. The zero-order valence-corrected chi connectivity index (χ0v) is 21.2. The molecule has 0 spiro atoms. The van der Waals surface area contributed by atoms with E-state index in [1.165, 1.54) is 26.4 Å². The number of anilines is 2. The van der Waals surface area contributed by atoms with Crippen LogP contribution in [0.25, 0.3) is 0 Å². The molecule has 0 radical (unpaired) electrons. The number of hydrogen-bond acceptors (Lipinski definition) is 8. The van der Waals surface area contributed by atoms with E-state index in [9.17, 15) is 18.7 Å². The van der Waals surface area contributed by atoms with E-state index in [1.54, 1.807) is 42.6 Å². The van der Waals surface area contributed by atoms with Gasteiger partial charge in [0.25, 0.3) is 11.3 Å². The van der Waals surface area contributed by atoms with Gasteiger partial charge in [0.1, 0.15) is 18.1 Å². The number of methoxy groups -OCH3 is 2. The second-order valence-corrected chi connectivity index (χ2v) is 8.60. The van der Waals surface area contributed by atoms with E-state index in [4.69, 9.17) is 18.9 Å². The van der Waals surface area contributed by atoms with Crippen molar-refractivity contribution in [1.82, 2.24) is 4.98 Å². The first-order valence-corrected chi connectivity index (χ1v) is 12.0. The Morgan fingerprint density at radius 2 is 1.81 bits per heavy atom. The van der Waals surface area contributed by atoms with Crippen LogP contribution >= 0.6 is 0 Å². The average molecular weight is 517 g/mol. The molecule has 0 aliphatic rings. The fraction of sp³-hybridized carbons (Fsp3) is 0.280. The Hall–Kier alpha value is -3.67. The number of benzene rings is 2. The van der Waals surface area contributed by atoms with Gasteiger partial charge in [0, 0.05) is 6.20 Å². The van der Waals surface area contributed by atoms with Gasteiger partial charge in [-0.15, -0.1) is 0 Å². The van der Waals surface area contributed by atoms with E-state index in [1.807, 2.05) is 13.8 Å². The molecule has 2 N–H and O–H groups in total. The zero-order chi connectivity index (χ0) is 26.2. The minimum atomic E-state index is -2.63. The molecular formula is C25H28N2O8S. The molecule has 0 saturated heterocycles. The maximum Gasteiger partial charge on any atom is 0.338 e. The van der Waals surface area contributed by atoms with Gasteiger partial charge in [0.2, 0.25) is 0 Å². The number of carbonyl (C=O) groups is 1. The minimum absolute atomic E-state index is 0.00209. The Morgan fingerprint density at radius 3 is 2.36 bits per heavy atom. The fourth-order valence-corrected chi connectivity index (χ4v) is 3.87. The highest BCUT2D eigenvalue weighted by molar-refractivity contribution is 7.81. The van der Waals surface area contributed by atoms with E-state index >= 15 is 0 Å². The van der Waals surface area contributed by atoms with Crippen LogP contribution in [0.5, 0.6) is 23.0 Å². The molecule has 0 aliphatic heterocycles. The highest BCUT2D eigenvalue weighted by atomic mass is 32.2. The van der Waals surface area contributed by atoms with E-state index in [-0.39, 0.29) is 53.4 Å². The van der Waals surface area contributed by atoms with Crippen molar-refractivity contribution >= 4 is 28.7 Å². The van der Waals surface area contributed by atoms with Gasteiger partial charge in [-0.1, -0.05) is 32.0 Å². The molecule has 1 unspecified atom stereocenters. The number of carbonyl (C=O) groups excluding carboxylic acids is 1. The summed E-state index contributed by atoms with van der Waals surface area (Å²) in [6.45, 7) is 3.56. The van der Waals surface area contributed by atoms with Gasteiger partial charge in [0.15, 0.2) is 23.0 Å². The Kier molecular flexibility index (Phi) is 9.23. The van der Waals surface area contributed by atoms with Crippen molar-refractivity contribution in [3.05, 3.63) is 65.9 Å². The lowest BCUT2D eigenvalue weighted by Gasteiger charge is -2.25. The number of aromatic nitrogens is 1. The van der Waals surface area contributed by atoms with Crippen molar-refractivity contribution in [3.8, 4) is 23.0 Å². The fourth-order valence-electron chi connectivity index (χ4n) is 3.30. The third kappa shape index (κ3) is 6.11. The highest BCUT2D eigenvalue weighted by Gasteiger charge is 2.28. The molecule has 0 bridgehead atoms. The largest absolute Gasteiger partial charge is 0.493 e. The second-order valence-electron chi connectivity index (χ2n) is 7.77. The van der Waals surface area contributed by atoms with Crippen LogP contribution in [0.1, 0.15) is 35.7 Å². The molecule has 2 aromatic carbocycles. The summed E-state index contributed by atoms with van der Waals surface area (Å²) in [5.74, 6) is 0.323. The lowest BCUT2D eigenvalue weighted by Crippen LogP contribution is -2.22. The van der Waals surface area contributed by atoms with Crippen LogP contribution in [0.15, 0.2) is 54.7 Å². The zero-order valence-electron chi connectivity index (χ0n) is 20.3. The summed E-state index contributed by atoms with van der Waals surface area (Å²) in [7, 11) is 2.69. The van der Waals surface area contributed by atoms with Crippen LogP contribution in [-0.2, 0) is 16.0 Å². The number of esters is 1. The first kappa shape index (κ1) is 26.9.